The first-order valence-electron chi connectivity index (χ1n) is 8.31. The summed E-state index contributed by atoms with van der Waals surface area (Å²) in [6, 6.07) is 16.5. The van der Waals surface area contributed by atoms with Gasteiger partial charge in [0.2, 0.25) is 0 Å². The van der Waals surface area contributed by atoms with Crippen LogP contribution in [0.25, 0.3) is 10.9 Å². The second-order valence-electron chi connectivity index (χ2n) is 6.32. The van der Waals surface area contributed by atoms with E-state index in [9.17, 15) is 5.11 Å². The number of rotatable bonds is 6. The van der Waals surface area contributed by atoms with E-state index in [2.05, 4.69) is 46.5 Å². The Morgan fingerprint density at radius 3 is 2.62 bits per heavy atom. The van der Waals surface area contributed by atoms with E-state index in [0.29, 0.717) is 6.42 Å². The maximum Gasteiger partial charge on any atom is 0.137 e. The average Bonchev–Trinajstić information content (AvgIpc) is 2.59. The van der Waals surface area contributed by atoms with Crippen molar-refractivity contribution in [3.63, 3.8) is 0 Å². The van der Waals surface area contributed by atoms with Gasteiger partial charge in [-0.3, -0.25) is 0 Å². The highest BCUT2D eigenvalue weighted by molar-refractivity contribution is 5.89. The van der Waals surface area contributed by atoms with E-state index in [4.69, 9.17) is 0 Å². The van der Waals surface area contributed by atoms with E-state index in [1.807, 2.05) is 31.2 Å². The molecule has 2 unspecified atom stereocenters. The van der Waals surface area contributed by atoms with Crippen molar-refractivity contribution in [2.24, 2.45) is 0 Å². The molecule has 1 heterocycles. The third-order valence-corrected chi connectivity index (χ3v) is 4.20. The van der Waals surface area contributed by atoms with Crippen LogP contribution in [0.15, 0.2) is 54.9 Å². The van der Waals surface area contributed by atoms with Gasteiger partial charge in [-0.25, -0.2) is 9.97 Å². The highest BCUT2D eigenvalue weighted by Gasteiger charge is 2.15. The molecule has 2 atom stereocenters. The molecule has 2 N–H and O–H groups in total. The number of aliphatic hydroxyl groups is 1. The fourth-order valence-corrected chi connectivity index (χ4v) is 3.01. The fraction of sp³-hybridized carbons (Fsp3) is 0.300. The second kappa shape index (κ2) is 7.41. The van der Waals surface area contributed by atoms with Gasteiger partial charge in [-0.15, -0.1) is 0 Å². The summed E-state index contributed by atoms with van der Waals surface area (Å²) in [6.07, 6.45) is 1.95. The van der Waals surface area contributed by atoms with Crippen LogP contribution >= 0.6 is 0 Å². The van der Waals surface area contributed by atoms with Crippen LogP contribution in [0.4, 0.5) is 5.82 Å². The number of aromatic nitrogens is 2. The largest absolute Gasteiger partial charge is 0.393 e. The number of hydrogen-bond donors (Lipinski definition) is 2. The molecule has 0 saturated heterocycles. The van der Waals surface area contributed by atoms with Crippen LogP contribution in [-0.4, -0.2) is 27.7 Å². The third-order valence-electron chi connectivity index (χ3n) is 4.20. The summed E-state index contributed by atoms with van der Waals surface area (Å²) in [5.74, 6) is 1.07. The molecule has 4 heteroatoms. The fourth-order valence-electron chi connectivity index (χ4n) is 3.01. The lowest BCUT2D eigenvalue weighted by atomic mass is 9.93. The maximum atomic E-state index is 9.84. The Balaban J connectivity index is 1.83. The number of nitrogens with zero attached hydrogens (tertiary/aromatic N) is 2. The molecule has 3 rings (SSSR count). The van der Waals surface area contributed by atoms with Crippen LogP contribution in [0.5, 0.6) is 0 Å². The zero-order valence-corrected chi connectivity index (χ0v) is 14.1. The van der Waals surface area contributed by atoms with Crippen molar-refractivity contribution in [3.05, 3.63) is 66.0 Å². The van der Waals surface area contributed by atoms with E-state index in [-0.39, 0.29) is 12.0 Å². The first-order chi connectivity index (χ1) is 11.6. The van der Waals surface area contributed by atoms with Crippen molar-refractivity contribution in [3.8, 4) is 0 Å². The number of nitrogens with one attached hydrogen (secondary N) is 1. The summed E-state index contributed by atoms with van der Waals surface area (Å²) in [4.78, 5) is 8.73. The monoisotopic (exact) mass is 321 g/mol. The summed E-state index contributed by atoms with van der Waals surface area (Å²) in [5, 5.41) is 14.3. The quantitative estimate of drug-likeness (QED) is 0.723. The van der Waals surface area contributed by atoms with Gasteiger partial charge in [-0.05, 0) is 38.0 Å². The summed E-state index contributed by atoms with van der Waals surface area (Å²) in [6.45, 7) is 4.62. The molecule has 0 saturated carbocycles. The summed E-state index contributed by atoms with van der Waals surface area (Å²) in [7, 11) is 0. The minimum Gasteiger partial charge on any atom is -0.393 e. The number of hydrogen-bond acceptors (Lipinski definition) is 4. The molecular weight excluding hydrogens is 298 g/mol. The van der Waals surface area contributed by atoms with Gasteiger partial charge in [-0.1, -0.05) is 42.0 Å². The summed E-state index contributed by atoms with van der Waals surface area (Å²) < 4.78 is 0. The number of benzene rings is 2. The number of fused-ring (bicyclic) bond motifs is 1. The Hall–Kier alpha value is -2.46. The van der Waals surface area contributed by atoms with Crippen LogP contribution < -0.4 is 5.32 Å². The molecule has 0 radical (unpaired) electrons. The molecule has 2 aromatic carbocycles. The van der Waals surface area contributed by atoms with Gasteiger partial charge in [0, 0.05) is 17.8 Å². The molecule has 0 spiro atoms. The number of anilines is 1. The molecule has 0 aliphatic rings. The van der Waals surface area contributed by atoms with Gasteiger partial charge >= 0.3 is 0 Å². The average molecular weight is 321 g/mol. The first kappa shape index (κ1) is 16.4. The Morgan fingerprint density at radius 2 is 1.88 bits per heavy atom. The van der Waals surface area contributed by atoms with Crippen molar-refractivity contribution >= 4 is 16.7 Å². The van der Waals surface area contributed by atoms with Crippen LogP contribution in [-0.2, 0) is 0 Å². The van der Waals surface area contributed by atoms with Crippen molar-refractivity contribution in [2.45, 2.75) is 32.3 Å². The molecule has 3 aromatic rings. The molecular formula is C20H23N3O. The van der Waals surface area contributed by atoms with E-state index in [1.165, 1.54) is 11.1 Å². The van der Waals surface area contributed by atoms with E-state index in [1.54, 1.807) is 6.33 Å². The predicted molar refractivity (Wildman–Crippen MR) is 98.2 cm³/mol. The molecule has 0 fully saturated rings. The predicted octanol–water partition coefficient (Wildman–Crippen LogP) is 3.90. The summed E-state index contributed by atoms with van der Waals surface area (Å²) in [5.41, 5.74) is 3.34. The lowest BCUT2D eigenvalue weighted by Gasteiger charge is -2.20. The topological polar surface area (TPSA) is 58.0 Å². The molecule has 0 amide bonds. The Kier molecular flexibility index (Phi) is 5.06. The van der Waals surface area contributed by atoms with E-state index < -0.39 is 0 Å². The zero-order chi connectivity index (χ0) is 16.9. The van der Waals surface area contributed by atoms with Gasteiger partial charge in [0.05, 0.1) is 11.6 Å². The van der Waals surface area contributed by atoms with Crippen molar-refractivity contribution in [1.82, 2.24) is 9.97 Å². The Bertz CT molecular complexity index is 802. The maximum absolute atomic E-state index is 9.84. The highest BCUT2D eigenvalue weighted by Crippen LogP contribution is 2.24. The van der Waals surface area contributed by atoms with E-state index in [0.717, 1.165) is 23.3 Å². The standard InChI is InChI=1S/C20H23N3O/c1-14-8-9-19-18(10-14)20(23-13-22-19)21-12-17(11-15(2)24)16-6-4-3-5-7-16/h3-10,13,15,17,24H,11-12H2,1-2H3,(H,21,22,23). The van der Waals surface area contributed by atoms with Gasteiger partial charge in [0.15, 0.2) is 0 Å². The van der Waals surface area contributed by atoms with Crippen LogP contribution in [0.2, 0.25) is 0 Å². The van der Waals surface area contributed by atoms with Crippen molar-refractivity contribution < 1.29 is 5.11 Å². The normalized spacial score (nSPS) is 13.6. The summed E-state index contributed by atoms with van der Waals surface area (Å²) >= 11 is 0. The lowest BCUT2D eigenvalue weighted by molar-refractivity contribution is 0.175. The van der Waals surface area contributed by atoms with Crippen LogP contribution in [0, 0.1) is 6.92 Å². The molecule has 1 aromatic heterocycles. The molecule has 4 nitrogen and oxygen atoms in total. The SMILES string of the molecule is Cc1ccc2ncnc(NCC(CC(C)O)c3ccccc3)c2c1. The first-order valence-corrected chi connectivity index (χ1v) is 8.31. The van der Waals surface area contributed by atoms with E-state index >= 15 is 0 Å². The second-order valence-corrected chi connectivity index (χ2v) is 6.32. The third kappa shape index (κ3) is 3.89. The molecule has 0 aliphatic carbocycles. The molecule has 0 bridgehead atoms. The van der Waals surface area contributed by atoms with Gasteiger partial charge in [0.25, 0.3) is 0 Å². The molecule has 24 heavy (non-hydrogen) atoms. The molecule has 0 aliphatic heterocycles. The highest BCUT2D eigenvalue weighted by atomic mass is 16.3. The minimum atomic E-state index is -0.346. The minimum absolute atomic E-state index is 0.223. The van der Waals surface area contributed by atoms with Crippen LogP contribution in [0.3, 0.4) is 0 Å². The van der Waals surface area contributed by atoms with Gasteiger partial charge < -0.3 is 10.4 Å². The number of aliphatic hydroxyl groups excluding tert-OH is 1. The van der Waals surface area contributed by atoms with Gasteiger partial charge in [0.1, 0.15) is 12.1 Å². The smallest absolute Gasteiger partial charge is 0.137 e. The van der Waals surface area contributed by atoms with Gasteiger partial charge in [-0.2, -0.15) is 0 Å². The lowest BCUT2D eigenvalue weighted by Crippen LogP contribution is -2.18. The van der Waals surface area contributed by atoms with Crippen LogP contribution in [0.1, 0.15) is 30.4 Å². The number of aryl methyl sites for hydroxylation is 1. The molecule has 124 valence electrons. The zero-order valence-electron chi connectivity index (χ0n) is 14.1. The Morgan fingerprint density at radius 1 is 1.08 bits per heavy atom. The Labute approximate surface area is 142 Å². The van der Waals surface area contributed by atoms with Crippen molar-refractivity contribution in [1.29, 1.82) is 0 Å². The van der Waals surface area contributed by atoms with Crippen molar-refractivity contribution in [2.75, 3.05) is 11.9 Å².